The van der Waals surface area contributed by atoms with Crippen LogP contribution in [0.15, 0.2) is 0 Å². The lowest BCUT2D eigenvalue weighted by atomic mass is 9.84. The zero-order valence-corrected chi connectivity index (χ0v) is 13.1. The molecule has 110 valence electrons. The molecular weight excluding hydrogens is 236 g/mol. The molecule has 2 aliphatic rings. The summed E-state index contributed by atoms with van der Waals surface area (Å²) in [5.74, 6) is 1.83. The lowest BCUT2D eigenvalue weighted by Gasteiger charge is -2.40. The number of rotatable bonds is 3. The summed E-state index contributed by atoms with van der Waals surface area (Å²) in [7, 11) is 0. The number of carbonyl (C=O) groups excluding carboxylic acids is 1. The van der Waals surface area contributed by atoms with Gasteiger partial charge >= 0.3 is 0 Å². The topological polar surface area (TPSA) is 32.3 Å². The van der Waals surface area contributed by atoms with Crippen molar-refractivity contribution in [2.24, 2.45) is 17.8 Å². The largest absolute Gasteiger partial charge is 0.322 e. The second kappa shape index (κ2) is 5.82. The van der Waals surface area contributed by atoms with Gasteiger partial charge in [0, 0.05) is 6.04 Å². The fraction of sp³-hybridized carbons (Fsp3) is 0.938. The first kappa shape index (κ1) is 14.8. The van der Waals surface area contributed by atoms with Crippen LogP contribution < -0.4 is 5.32 Å². The molecule has 1 heterocycles. The lowest BCUT2D eigenvalue weighted by molar-refractivity contribution is -0.135. The summed E-state index contributed by atoms with van der Waals surface area (Å²) in [4.78, 5) is 15.0. The van der Waals surface area contributed by atoms with Crippen molar-refractivity contribution in [2.45, 2.75) is 78.6 Å². The summed E-state index contributed by atoms with van der Waals surface area (Å²) < 4.78 is 0. The van der Waals surface area contributed by atoms with E-state index in [1.54, 1.807) is 0 Å². The summed E-state index contributed by atoms with van der Waals surface area (Å²) in [5.41, 5.74) is 0. The second-order valence-electron chi connectivity index (χ2n) is 7.15. The van der Waals surface area contributed by atoms with Crippen molar-refractivity contribution in [1.82, 2.24) is 10.2 Å². The number of hydrogen-bond donors (Lipinski definition) is 1. The second-order valence-corrected chi connectivity index (χ2v) is 7.15. The fourth-order valence-electron chi connectivity index (χ4n) is 3.70. The zero-order valence-electron chi connectivity index (χ0n) is 13.1. The van der Waals surface area contributed by atoms with Crippen LogP contribution in [0.1, 0.15) is 60.3 Å². The first-order chi connectivity index (χ1) is 8.93. The minimum absolute atomic E-state index is 0.0153. The molecule has 0 bridgehead atoms. The van der Waals surface area contributed by atoms with Gasteiger partial charge in [-0.05, 0) is 30.6 Å². The van der Waals surface area contributed by atoms with E-state index in [1.165, 1.54) is 25.7 Å². The Labute approximate surface area is 118 Å². The van der Waals surface area contributed by atoms with Gasteiger partial charge in [0.25, 0.3) is 0 Å². The van der Waals surface area contributed by atoms with E-state index in [0.717, 1.165) is 0 Å². The van der Waals surface area contributed by atoms with Crippen LogP contribution in [0, 0.1) is 17.8 Å². The molecule has 4 atom stereocenters. The molecule has 1 aliphatic heterocycles. The molecule has 2 fully saturated rings. The zero-order chi connectivity index (χ0) is 14.2. The third-order valence-electron chi connectivity index (χ3n) is 4.89. The quantitative estimate of drug-likeness (QED) is 0.851. The molecule has 2 rings (SSSR count). The molecule has 1 N–H and O–H groups in total. The van der Waals surface area contributed by atoms with E-state index in [1.807, 2.05) is 0 Å². The molecule has 1 saturated carbocycles. The maximum atomic E-state index is 12.8. The Morgan fingerprint density at radius 3 is 2.26 bits per heavy atom. The van der Waals surface area contributed by atoms with Crippen molar-refractivity contribution < 1.29 is 4.79 Å². The van der Waals surface area contributed by atoms with Crippen LogP contribution >= 0.6 is 0 Å². The van der Waals surface area contributed by atoms with Crippen LogP contribution in [-0.2, 0) is 4.79 Å². The summed E-state index contributed by atoms with van der Waals surface area (Å²) in [6.07, 6.45) is 5.28. The Hall–Kier alpha value is -0.570. The van der Waals surface area contributed by atoms with E-state index < -0.39 is 0 Å². The van der Waals surface area contributed by atoms with Crippen molar-refractivity contribution in [3.63, 3.8) is 0 Å². The van der Waals surface area contributed by atoms with Crippen molar-refractivity contribution in [2.75, 3.05) is 0 Å². The summed E-state index contributed by atoms with van der Waals surface area (Å²) >= 11 is 0. The van der Waals surface area contributed by atoms with Crippen LogP contribution in [0.2, 0.25) is 0 Å². The number of nitrogens with one attached hydrogen (secondary N) is 1. The minimum Gasteiger partial charge on any atom is -0.322 e. The highest BCUT2D eigenvalue weighted by molar-refractivity contribution is 5.85. The maximum Gasteiger partial charge on any atom is 0.241 e. The van der Waals surface area contributed by atoms with Gasteiger partial charge in [-0.2, -0.15) is 0 Å². The van der Waals surface area contributed by atoms with Crippen molar-refractivity contribution in [3.05, 3.63) is 0 Å². The van der Waals surface area contributed by atoms with Gasteiger partial charge in [0.2, 0.25) is 5.91 Å². The van der Waals surface area contributed by atoms with Crippen LogP contribution in [0.3, 0.4) is 0 Å². The monoisotopic (exact) mass is 266 g/mol. The van der Waals surface area contributed by atoms with Gasteiger partial charge in [0.05, 0.1) is 12.2 Å². The Balaban J connectivity index is 2.21. The molecule has 3 heteroatoms. The highest BCUT2D eigenvalue weighted by Crippen LogP contribution is 2.33. The Bertz CT molecular complexity index is 327. The standard InChI is InChI=1S/C16H30N2O/c1-10(2)14-16(19)18(15(17-14)11(3)4)13-9-7-6-8-12(13)5/h10-15,17H,6-9H2,1-5H3. The molecule has 0 aromatic heterocycles. The number of hydrogen-bond acceptors (Lipinski definition) is 2. The van der Waals surface area contributed by atoms with E-state index in [9.17, 15) is 4.79 Å². The first-order valence-corrected chi connectivity index (χ1v) is 8.01. The normalized spacial score (nSPS) is 36.6. The van der Waals surface area contributed by atoms with Gasteiger partial charge < -0.3 is 4.90 Å². The highest BCUT2D eigenvalue weighted by Gasteiger charge is 2.46. The first-order valence-electron chi connectivity index (χ1n) is 8.01. The predicted molar refractivity (Wildman–Crippen MR) is 78.7 cm³/mol. The number of carbonyl (C=O) groups is 1. The van der Waals surface area contributed by atoms with Crippen molar-refractivity contribution in [1.29, 1.82) is 0 Å². The molecule has 19 heavy (non-hydrogen) atoms. The average Bonchev–Trinajstić information content (AvgIpc) is 2.68. The van der Waals surface area contributed by atoms with Gasteiger partial charge in [0.15, 0.2) is 0 Å². The molecule has 1 saturated heterocycles. The molecular formula is C16H30N2O. The Kier molecular flexibility index (Phi) is 4.54. The Morgan fingerprint density at radius 1 is 1.11 bits per heavy atom. The predicted octanol–water partition coefficient (Wildman–Crippen LogP) is 3.00. The SMILES string of the molecule is CC(C)C1NC(C(C)C)N(C2CCCCC2C)C1=O. The lowest BCUT2D eigenvalue weighted by Crippen LogP contribution is -2.50. The Morgan fingerprint density at radius 2 is 1.74 bits per heavy atom. The summed E-state index contributed by atoms with van der Waals surface area (Å²) in [5, 5.41) is 3.58. The van der Waals surface area contributed by atoms with E-state index in [-0.39, 0.29) is 12.2 Å². The molecule has 1 amide bonds. The summed E-state index contributed by atoms with van der Waals surface area (Å²) in [6, 6.07) is 0.464. The van der Waals surface area contributed by atoms with E-state index in [4.69, 9.17) is 0 Å². The number of nitrogens with zero attached hydrogens (tertiary/aromatic N) is 1. The molecule has 0 spiro atoms. The molecule has 3 nitrogen and oxygen atoms in total. The smallest absolute Gasteiger partial charge is 0.241 e. The average molecular weight is 266 g/mol. The summed E-state index contributed by atoms with van der Waals surface area (Å²) in [6.45, 7) is 11.0. The molecule has 0 aromatic rings. The molecule has 4 unspecified atom stereocenters. The molecule has 0 aromatic carbocycles. The van der Waals surface area contributed by atoms with E-state index in [2.05, 4.69) is 44.8 Å². The fourth-order valence-corrected chi connectivity index (χ4v) is 3.70. The van der Waals surface area contributed by atoms with E-state index >= 15 is 0 Å². The van der Waals surface area contributed by atoms with Crippen LogP contribution in [0.25, 0.3) is 0 Å². The van der Waals surface area contributed by atoms with Crippen LogP contribution in [0.4, 0.5) is 0 Å². The maximum absolute atomic E-state index is 12.8. The van der Waals surface area contributed by atoms with Gasteiger partial charge in [-0.3, -0.25) is 10.1 Å². The van der Waals surface area contributed by atoms with E-state index in [0.29, 0.717) is 29.7 Å². The van der Waals surface area contributed by atoms with Gasteiger partial charge in [0.1, 0.15) is 0 Å². The third-order valence-corrected chi connectivity index (χ3v) is 4.89. The van der Waals surface area contributed by atoms with Gasteiger partial charge in [-0.15, -0.1) is 0 Å². The third kappa shape index (κ3) is 2.81. The molecule has 0 radical (unpaired) electrons. The minimum atomic E-state index is 0.0153. The van der Waals surface area contributed by atoms with Crippen molar-refractivity contribution >= 4 is 5.91 Å². The highest BCUT2D eigenvalue weighted by atomic mass is 16.2. The van der Waals surface area contributed by atoms with Gasteiger partial charge in [-0.1, -0.05) is 47.5 Å². The van der Waals surface area contributed by atoms with Gasteiger partial charge in [-0.25, -0.2) is 0 Å². The van der Waals surface area contributed by atoms with Crippen LogP contribution in [0.5, 0.6) is 0 Å². The van der Waals surface area contributed by atoms with Crippen LogP contribution in [-0.4, -0.2) is 29.1 Å². The molecule has 1 aliphatic carbocycles. The van der Waals surface area contributed by atoms with Crippen molar-refractivity contribution in [3.8, 4) is 0 Å². The number of amides is 1.